The molecule has 2 aliphatic heterocycles. The van der Waals surface area contributed by atoms with E-state index in [1.54, 1.807) is 6.92 Å². The van der Waals surface area contributed by atoms with Crippen LogP contribution < -0.4 is 5.73 Å². The molecule has 0 bridgehead atoms. The summed E-state index contributed by atoms with van der Waals surface area (Å²) in [5, 5.41) is 0. The summed E-state index contributed by atoms with van der Waals surface area (Å²) in [4.78, 5) is 71.5. The smallest absolute Gasteiger partial charge is 0.405 e. The van der Waals surface area contributed by atoms with Gasteiger partial charge in [0, 0.05) is 40.5 Å². The SMILES string of the molecule is CC[C@@H]1O[C@H](OC(C)=O)[C@@H](O[C@H]2O[C@H](COC(C)=O)[C@@H](OC(C)=O)[C@H](OC(N)=O)[C@@H]2OC(C)=O)[C@@H](OC(C)=O)[C@@H]1C. The van der Waals surface area contributed by atoms with Gasteiger partial charge in [-0.15, -0.1) is 0 Å². The Morgan fingerprint density at radius 1 is 0.610 bits per heavy atom. The van der Waals surface area contributed by atoms with E-state index in [1.165, 1.54) is 6.92 Å². The zero-order valence-corrected chi connectivity index (χ0v) is 23.9. The maximum absolute atomic E-state index is 12.1. The molecule has 16 heteroatoms. The highest BCUT2D eigenvalue weighted by atomic mass is 16.8. The molecule has 0 aromatic rings. The summed E-state index contributed by atoms with van der Waals surface area (Å²) in [7, 11) is 0. The predicted molar refractivity (Wildman–Crippen MR) is 131 cm³/mol. The van der Waals surface area contributed by atoms with E-state index in [4.69, 9.17) is 48.4 Å². The highest BCUT2D eigenvalue weighted by Crippen LogP contribution is 2.36. The summed E-state index contributed by atoms with van der Waals surface area (Å²) in [6.45, 7) is 8.57. The summed E-state index contributed by atoms with van der Waals surface area (Å²) in [5.41, 5.74) is 5.27. The average molecular weight is 592 g/mol. The van der Waals surface area contributed by atoms with Crippen LogP contribution in [0, 0.1) is 5.92 Å². The van der Waals surface area contributed by atoms with Gasteiger partial charge in [0.15, 0.2) is 30.7 Å². The first-order valence-electron chi connectivity index (χ1n) is 12.9. The molecule has 232 valence electrons. The Morgan fingerprint density at radius 3 is 1.61 bits per heavy atom. The van der Waals surface area contributed by atoms with Crippen molar-refractivity contribution >= 4 is 35.9 Å². The summed E-state index contributed by atoms with van der Waals surface area (Å²) in [5.74, 6) is -4.33. The summed E-state index contributed by atoms with van der Waals surface area (Å²) in [6, 6.07) is 0. The number of hydrogen-bond acceptors (Lipinski definition) is 15. The summed E-state index contributed by atoms with van der Waals surface area (Å²) >= 11 is 0. The van der Waals surface area contributed by atoms with Crippen LogP contribution in [-0.2, 0) is 66.6 Å². The quantitative estimate of drug-likeness (QED) is 0.266. The van der Waals surface area contributed by atoms with Gasteiger partial charge in [-0.25, -0.2) is 4.79 Å². The van der Waals surface area contributed by atoms with Crippen LogP contribution in [0.5, 0.6) is 0 Å². The van der Waals surface area contributed by atoms with Crippen molar-refractivity contribution in [2.45, 2.75) is 110 Å². The van der Waals surface area contributed by atoms with Crippen molar-refractivity contribution in [2.75, 3.05) is 6.61 Å². The van der Waals surface area contributed by atoms with Crippen molar-refractivity contribution in [1.29, 1.82) is 0 Å². The number of amides is 1. The Kier molecular flexibility index (Phi) is 12.3. The highest BCUT2D eigenvalue weighted by Gasteiger charge is 2.56. The third kappa shape index (κ3) is 9.54. The predicted octanol–water partition coefficient (Wildman–Crippen LogP) is 0.253. The number of carbonyl (C=O) groups excluding carboxylic acids is 6. The third-order valence-electron chi connectivity index (χ3n) is 6.18. The molecule has 2 heterocycles. The Bertz CT molecular complexity index is 986. The molecular formula is C25H37NO15. The van der Waals surface area contributed by atoms with Gasteiger partial charge in [-0.2, -0.15) is 0 Å². The number of hydrogen-bond donors (Lipinski definition) is 1. The number of ether oxygens (including phenoxy) is 9. The van der Waals surface area contributed by atoms with E-state index in [2.05, 4.69) is 0 Å². The Morgan fingerprint density at radius 2 is 1.12 bits per heavy atom. The minimum atomic E-state index is -1.68. The second-order valence-electron chi connectivity index (χ2n) is 9.49. The molecule has 0 aliphatic carbocycles. The molecule has 2 fully saturated rings. The van der Waals surface area contributed by atoms with Gasteiger partial charge in [0.25, 0.3) is 0 Å². The molecule has 2 N–H and O–H groups in total. The van der Waals surface area contributed by atoms with Crippen LogP contribution >= 0.6 is 0 Å². The number of primary amides is 1. The van der Waals surface area contributed by atoms with Crippen LogP contribution in [0.25, 0.3) is 0 Å². The molecule has 0 saturated carbocycles. The van der Waals surface area contributed by atoms with E-state index in [0.29, 0.717) is 6.42 Å². The van der Waals surface area contributed by atoms with Gasteiger partial charge in [-0.1, -0.05) is 13.8 Å². The number of rotatable bonds is 10. The number of esters is 5. The van der Waals surface area contributed by atoms with Gasteiger partial charge in [0.1, 0.15) is 18.8 Å². The molecule has 0 aromatic heterocycles. The molecular weight excluding hydrogens is 554 g/mol. The summed E-state index contributed by atoms with van der Waals surface area (Å²) in [6.07, 6.45) is -13.0. The minimum absolute atomic E-state index is 0.461. The van der Waals surface area contributed by atoms with Crippen LogP contribution in [0.3, 0.4) is 0 Å². The van der Waals surface area contributed by atoms with Gasteiger partial charge >= 0.3 is 35.9 Å². The fraction of sp³-hybridized carbons (Fsp3) is 0.760. The fourth-order valence-corrected chi connectivity index (χ4v) is 4.67. The van der Waals surface area contributed by atoms with E-state index in [9.17, 15) is 28.8 Å². The van der Waals surface area contributed by atoms with Crippen molar-refractivity contribution < 1.29 is 71.4 Å². The Balaban J connectivity index is 2.61. The van der Waals surface area contributed by atoms with Gasteiger partial charge in [-0.3, -0.25) is 24.0 Å². The van der Waals surface area contributed by atoms with Crippen molar-refractivity contribution in [2.24, 2.45) is 11.7 Å². The standard InChI is InChI=1S/C25H37NO15/c1-8-16-10(2)18(34-12(4)28)21(23(38-16)37-15(7)31)40-24-22(36-14(6)30)20(41-25(26)32)19(35-13(5)29)17(39-24)9-33-11(3)27/h10,16-24H,8-9H2,1-7H3,(H2,26,32)/t10-,16+,17-,18+,19-,20+,21+,22+,23+,24-/m1/s1. The average Bonchev–Trinajstić information content (AvgIpc) is 2.83. The van der Waals surface area contributed by atoms with E-state index in [1.807, 2.05) is 6.92 Å². The van der Waals surface area contributed by atoms with E-state index in [0.717, 1.165) is 27.7 Å². The van der Waals surface area contributed by atoms with E-state index < -0.39 is 104 Å². The maximum Gasteiger partial charge on any atom is 0.405 e. The maximum atomic E-state index is 12.1. The van der Waals surface area contributed by atoms with Crippen LogP contribution in [0.4, 0.5) is 4.79 Å². The van der Waals surface area contributed by atoms with Crippen molar-refractivity contribution in [3.8, 4) is 0 Å². The van der Waals surface area contributed by atoms with Gasteiger partial charge in [0.2, 0.25) is 6.29 Å². The molecule has 16 nitrogen and oxygen atoms in total. The van der Waals surface area contributed by atoms with Gasteiger partial charge in [0.05, 0.1) is 6.10 Å². The van der Waals surface area contributed by atoms with Crippen molar-refractivity contribution in [3.05, 3.63) is 0 Å². The largest absolute Gasteiger partial charge is 0.463 e. The monoisotopic (exact) mass is 591 g/mol. The molecule has 0 radical (unpaired) electrons. The fourth-order valence-electron chi connectivity index (χ4n) is 4.67. The lowest BCUT2D eigenvalue weighted by Crippen LogP contribution is -2.65. The first-order chi connectivity index (χ1) is 19.1. The summed E-state index contributed by atoms with van der Waals surface area (Å²) < 4.78 is 49.8. The lowest BCUT2D eigenvalue weighted by Gasteiger charge is -2.48. The highest BCUT2D eigenvalue weighted by molar-refractivity contribution is 5.68. The van der Waals surface area contributed by atoms with E-state index >= 15 is 0 Å². The van der Waals surface area contributed by atoms with Crippen LogP contribution in [0.2, 0.25) is 0 Å². The van der Waals surface area contributed by atoms with Crippen LogP contribution in [0.15, 0.2) is 0 Å². The lowest BCUT2D eigenvalue weighted by atomic mass is 9.88. The second-order valence-corrected chi connectivity index (χ2v) is 9.49. The molecule has 0 aromatic carbocycles. The normalized spacial score (nSPS) is 33.0. The molecule has 0 spiro atoms. The van der Waals surface area contributed by atoms with Crippen molar-refractivity contribution in [3.63, 3.8) is 0 Å². The zero-order valence-electron chi connectivity index (χ0n) is 23.9. The van der Waals surface area contributed by atoms with Gasteiger partial charge in [-0.05, 0) is 6.42 Å². The van der Waals surface area contributed by atoms with Gasteiger partial charge < -0.3 is 48.4 Å². The first-order valence-corrected chi connectivity index (χ1v) is 12.9. The molecule has 10 atom stereocenters. The Hall–Kier alpha value is -3.50. The Labute approximate surface area is 236 Å². The topological polar surface area (TPSA) is 212 Å². The minimum Gasteiger partial charge on any atom is -0.463 e. The molecule has 41 heavy (non-hydrogen) atoms. The lowest BCUT2D eigenvalue weighted by molar-refractivity contribution is -0.357. The molecule has 2 aliphatic rings. The molecule has 2 saturated heterocycles. The second kappa shape index (κ2) is 14.9. The third-order valence-corrected chi connectivity index (χ3v) is 6.18. The van der Waals surface area contributed by atoms with Crippen LogP contribution in [0.1, 0.15) is 54.9 Å². The van der Waals surface area contributed by atoms with E-state index in [-0.39, 0.29) is 0 Å². The molecule has 1 amide bonds. The molecule has 2 rings (SSSR count). The number of nitrogens with two attached hydrogens (primary N) is 1. The number of carbonyl (C=O) groups is 6. The zero-order chi connectivity index (χ0) is 31.0. The van der Waals surface area contributed by atoms with Crippen molar-refractivity contribution in [1.82, 2.24) is 0 Å². The van der Waals surface area contributed by atoms with Crippen LogP contribution in [-0.4, -0.2) is 97.9 Å². The molecule has 0 unspecified atom stereocenters. The first kappa shape index (κ1) is 33.7.